The van der Waals surface area contributed by atoms with Crippen molar-refractivity contribution in [2.45, 2.75) is 25.3 Å². The fraction of sp³-hybridized carbons (Fsp3) is 0.263. The van der Waals surface area contributed by atoms with Crippen molar-refractivity contribution in [1.82, 2.24) is 0 Å². The van der Waals surface area contributed by atoms with Gasteiger partial charge in [0.15, 0.2) is 0 Å². The minimum absolute atomic E-state index is 0.447. The van der Waals surface area contributed by atoms with Crippen LogP contribution in [0.25, 0.3) is 0 Å². The highest BCUT2D eigenvalue weighted by Crippen LogP contribution is 2.33. The van der Waals surface area contributed by atoms with Gasteiger partial charge in [-0.25, -0.2) is 0 Å². The zero-order valence-electron chi connectivity index (χ0n) is 11.7. The molecule has 1 radical (unpaired) electrons. The SMILES string of the molecule is [CH2]CC1CCC1N=C(c1ccccc1)c1ccccc1. The minimum Gasteiger partial charge on any atom is -0.280 e. The maximum atomic E-state index is 5.05. The second kappa shape index (κ2) is 6.04. The lowest BCUT2D eigenvalue weighted by atomic mass is 9.78. The summed E-state index contributed by atoms with van der Waals surface area (Å²) in [4.78, 5) is 5.05. The molecule has 1 aliphatic carbocycles. The van der Waals surface area contributed by atoms with E-state index < -0.39 is 0 Å². The van der Waals surface area contributed by atoms with E-state index in [0.717, 1.165) is 12.1 Å². The van der Waals surface area contributed by atoms with Gasteiger partial charge in [0.2, 0.25) is 0 Å². The van der Waals surface area contributed by atoms with Crippen LogP contribution in [0.3, 0.4) is 0 Å². The Balaban J connectivity index is 1.98. The number of nitrogens with zero attached hydrogens (tertiary/aromatic N) is 1. The van der Waals surface area contributed by atoms with Crippen LogP contribution in [0.15, 0.2) is 65.7 Å². The highest BCUT2D eigenvalue weighted by molar-refractivity contribution is 6.13. The molecule has 1 aliphatic rings. The summed E-state index contributed by atoms with van der Waals surface area (Å²) in [6, 6.07) is 21.4. The molecular formula is C19H20N. The Morgan fingerprint density at radius 1 is 0.900 bits per heavy atom. The molecular weight excluding hydrogens is 242 g/mol. The van der Waals surface area contributed by atoms with E-state index in [-0.39, 0.29) is 0 Å². The van der Waals surface area contributed by atoms with Crippen molar-refractivity contribution in [2.75, 3.05) is 0 Å². The molecule has 1 nitrogen and oxygen atoms in total. The summed E-state index contributed by atoms with van der Waals surface area (Å²) in [5.74, 6) is 0.664. The molecule has 0 N–H and O–H groups in total. The highest BCUT2D eigenvalue weighted by atomic mass is 14.8. The van der Waals surface area contributed by atoms with E-state index >= 15 is 0 Å². The Labute approximate surface area is 121 Å². The average molecular weight is 262 g/mol. The Kier molecular flexibility index (Phi) is 3.96. The molecule has 1 fully saturated rings. The molecule has 0 spiro atoms. The topological polar surface area (TPSA) is 12.4 Å². The van der Waals surface area contributed by atoms with E-state index in [4.69, 9.17) is 4.99 Å². The normalized spacial score (nSPS) is 21.1. The molecule has 0 bridgehead atoms. The predicted molar refractivity (Wildman–Crippen MR) is 85.0 cm³/mol. The molecule has 101 valence electrons. The fourth-order valence-electron chi connectivity index (χ4n) is 2.73. The lowest BCUT2D eigenvalue weighted by molar-refractivity contribution is 0.261. The lowest BCUT2D eigenvalue weighted by Crippen LogP contribution is -2.30. The first-order valence-corrected chi connectivity index (χ1v) is 7.36. The molecule has 1 heteroatoms. The highest BCUT2D eigenvalue weighted by Gasteiger charge is 2.29. The molecule has 20 heavy (non-hydrogen) atoms. The van der Waals surface area contributed by atoms with E-state index in [1.807, 2.05) is 12.1 Å². The van der Waals surface area contributed by atoms with Crippen molar-refractivity contribution in [1.29, 1.82) is 0 Å². The molecule has 2 atom stereocenters. The third kappa shape index (κ3) is 2.67. The van der Waals surface area contributed by atoms with Gasteiger partial charge < -0.3 is 0 Å². The second-order valence-corrected chi connectivity index (χ2v) is 5.40. The number of hydrogen-bond donors (Lipinski definition) is 0. The standard InChI is InChI=1S/C19H20N/c1-2-15-13-14-18(15)20-19(16-9-5-3-6-10-16)17-11-7-4-8-12-17/h3-12,15,18H,1-2,13-14H2. The van der Waals surface area contributed by atoms with Gasteiger partial charge in [-0.05, 0) is 25.2 Å². The number of benzene rings is 2. The Morgan fingerprint density at radius 2 is 1.45 bits per heavy atom. The predicted octanol–water partition coefficient (Wildman–Crippen LogP) is 4.53. The van der Waals surface area contributed by atoms with E-state index in [2.05, 4.69) is 55.5 Å². The smallest absolute Gasteiger partial charge is 0.0722 e. The Bertz CT molecular complexity index is 528. The third-order valence-electron chi connectivity index (χ3n) is 4.14. The van der Waals surface area contributed by atoms with Gasteiger partial charge in [0.1, 0.15) is 0 Å². The quantitative estimate of drug-likeness (QED) is 0.718. The third-order valence-corrected chi connectivity index (χ3v) is 4.14. The van der Waals surface area contributed by atoms with E-state index in [1.165, 1.54) is 24.0 Å². The molecule has 2 aromatic rings. The molecule has 0 saturated heterocycles. The van der Waals surface area contributed by atoms with Crippen LogP contribution in [0.1, 0.15) is 30.4 Å². The first-order chi connectivity index (χ1) is 9.88. The molecule has 0 amide bonds. The Morgan fingerprint density at radius 3 is 1.85 bits per heavy atom. The van der Waals surface area contributed by atoms with Gasteiger partial charge in [0, 0.05) is 11.1 Å². The van der Waals surface area contributed by atoms with Crippen LogP contribution in [-0.2, 0) is 0 Å². The number of hydrogen-bond acceptors (Lipinski definition) is 1. The van der Waals surface area contributed by atoms with Gasteiger partial charge in [0.05, 0.1) is 11.8 Å². The lowest BCUT2D eigenvalue weighted by Gasteiger charge is -2.33. The van der Waals surface area contributed by atoms with Gasteiger partial charge in [0.25, 0.3) is 0 Å². The average Bonchev–Trinajstić information content (AvgIpc) is 2.49. The van der Waals surface area contributed by atoms with Crippen LogP contribution in [0.5, 0.6) is 0 Å². The largest absolute Gasteiger partial charge is 0.280 e. The summed E-state index contributed by atoms with van der Waals surface area (Å²) in [6.45, 7) is 4.04. The first kappa shape index (κ1) is 13.1. The Hall–Kier alpha value is -1.89. The summed E-state index contributed by atoms with van der Waals surface area (Å²) < 4.78 is 0. The van der Waals surface area contributed by atoms with Gasteiger partial charge in [-0.3, -0.25) is 4.99 Å². The molecule has 0 aliphatic heterocycles. The van der Waals surface area contributed by atoms with Gasteiger partial charge >= 0.3 is 0 Å². The maximum absolute atomic E-state index is 5.05. The minimum atomic E-state index is 0.447. The molecule has 1 saturated carbocycles. The summed E-state index contributed by atoms with van der Waals surface area (Å²) in [7, 11) is 0. The van der Waals surface area contributed by atoms with Crippen molar-refractivity contribution in [3.05, 3.63) is 78.7 Å². The van der Waals surface area contributed by atoms with Crippen molar-refractivity contribution in [3.63, 3.8) is 0 Å². The summed E-state index contributed by atoms with van der Waals surface area (Å²) in [5.41, 5.74) is 3.52. The molecule has 2 unspecified atom stereocenters. The van der Waals surface area contributed by atoms with Crippen LogP contribution in [0.4, 0.5) is 0 Å². The summed E-state index contributed by atoms with van der Waals surface area (Å²) in [6.07, 6.45) is 3.46. The molecule has 2 aromatic carbocycles. The van der Waals surface area contributed by atoms with E-state index in [9.17, 15) is 0 Å². The van der Waals surface area contributed by atoms with Crippen molar-refractivity contribution < 1.29 is 0 Å². The monoisotopic (exact) mass is 262 g/mol. The van der Waals surface area contributed by atoms with Crippen LogP contribution < -0.4 is 0 Å². The fourth-order valence-corrected chi connectivity index (χ4v) is 2.73. The first-order valence-electron chi connectivity index (χ1n) is 7.36. The van der Waals surface area contributed by atoms with Crippen molar-refractivity contribution in [3.8, 4) is 0 Å². The summed E-state index contributed by atoms with van der Waals surface area (Å²) in [5, 5.41) is 0. The van der Waals surface area contributed by atoms with Crippen LogP contribution in [-0.4, -0.2) is 11.8 Å². The molecule has 0 aromatic heterocycles. The van der Waals surface area contributed by atoms with Crippen molar-refractivity contribution in [2.24, 2.45) is 10.9 Å². The van der Waals surface area contributed by atoms with Crippen LogP contribution >= 0.6 is 0 Å². The van der Waals surface area contributed by atoms with E-state index in [0.29, 0.717) is 12.0 Å². The summed E-state index contributed by atoms with van der Waals surface area (Å²) >= 11 is 0. The van der Waals surface area contributed by atoms with Crippen LogP contribution in [0.2, 0.25) is 0 Å². The zero-order chi connectivity index (χ0) is 13.8. The maximum Gasteiger partial charge on any atom is 0.0722 e. The van der Waals surface area contributed by atoms with Gasteiger partial charge in [-0.2, -0.15) is 0 Å². The van der Waals surface area contributed by atoms with E-state index in [1.54, 1.807) is 0 Å². The van der Waals surface area contributed by atoms with Crippen LogP contribution in [0, 0.1) is 12.8 Å². The number of aliphatic imine (C=N–C) groups is 1. The van der Waals surface area contributed by atoms with Gasteiger partial charge in [-0.1, -0.05) is 67.6 Å². The molecule has 0 heterocycles. The van der Waals surface area contributed by atoms with Gasteiger partial charge in [-0.15, -0.1) is 0 Å². The van der Waals surface area contributed by atoms with Crippen molar-refractivity contribution >= 4 is 5.71 Å². The molecule has 3 rings (SSSR count). The second-order valence-electron chi connectivity index (χ2n) is 5.40. The zero-order valence-corrected chi connectivity index (χ0v) is 11.7. The number of rotatable bonds is 4.